The number of nitrogens with one attached hydrogen (secondary N) is 1. The number of ether oxygens (including phenoxy) is 1. The van der Waals surface area contributed by atoms with Gasteiger partial charge in [0.15, 0.2) is 6.10 Å². The fourth-order valence-corrected chi connectivity index (χ4v) is 1.80. The molecule has 23 heavy (non-hydrogen) atoms. The van der Waals surface area contributed by atoms with Gasteiger partial charge in [-0.15, -0.1) is 0 Å². The second-order valence-electron chi connectivity index (χ2n) is 4.69. The maximum atomic E-state index is 12.1. The molecule has 1 N–H and O–H groups in total. The summed E-state index contributed by atoms with van der Waals surface area (Å²) in [5.74, 6) is -0.164. The minimum Gasteiger partial charge on any atom is -0.481 e. The van der Waals surface area contributed by atoms with Crippen LogP contribution in [0.1, 0.15) is 12.5 Å². The lowest BCUT2D eigenvalue weighted by Gasteiger charge is -2.14. The van der Waals surface area contributed by atoms with E-state index in [1.807, 2.05) is 6.07 Å². The molecule has 0 fully saturated rings. The van der Waals surface area contributed by atoms with Crippen LogP contribution in [0.2, 0.25) is 0 Å². The summed E-state index contributed by atoms with van der Waals surface area (Å²) < 4.78 is 5.42. The molecule has 1 amide bonds. The van der Waals surface area contributed by atoms with Gasteiger partial charge >= 0.3 is 0 Å². The number of hydrogen-bond donors (Lipinski definition) is 1. The summed E-state index contributed by atoms with van der Waals surface area (Å²) in [5.41, 5.74) is 0.912. The Balaban J connectivity index is 2.00. The number of benzene rings is 2. The Morgan fingerprint density at radius 2 is 2.00 bits per heavy atom. The maximum absolute atomic E-state index is 12.1. The van der Waals surface area contributed by atoms with Gasteiger partial charge in [0.1, 0.15) is 5.75 Å². The number of hydrogen-bond acceptors (Lipinski definition) is 5. The topological polar surface area (TPSA) is 105 Å². The van der Waals surface area contributed by atoms with Crippen molar-refractivity contribution in [2.75, 3.05) is 5.32 Å². The molecule has 2 rings (SSSR count). The maximum Gasteiger partial charge on any atom is 0.273 e. The number of carbonyl (C=O) groups is 1. The van der Waals surface area contributed by atoms with Gasteiger partial charge in [-0.25, -0.2) is 0 Å². The van der Waals surface area contributed by atoms with Crippen molar-refractivity contribution in [1.29, 1.82) is 5.26 Å². The third kappa shape index (κ3) is 4.28. The molecule has 2 aromatic carbocycles. The van der Waals surface area contributed by atoms with E-state index in [9.17, 15) is 14.9 Å². The number of amides is 1. The highest BCUT2D eigenvalue weighted by molar-refractivity contribution is 5.94. The van der Waals surface area contributed by atoms with Crippen LogP contribution in [0.4, 0.5) is 11.4 Å². The molecule has 1 atom stereocenters. The molecule has 0 saturated carbocycles. The smallest absolute Gasteiger partial charge is 0.273 e. The summed E-state index contributed by atoms with van der Waals surface area (Å²) in [6.07, 6.45) is -0.840. The second-order valence-corrected chi connectivity index (χ2v) is 4.69. The zero-order valence-corrected chi connectivity index (χ0v) is 12.2. The van der Waals surface area contributed by atoms with Crippen LogP contribution in [-0.4, -0.2) is 16.9 Å². The van der Waals surface area contributed by atoms with Crippen LogP contribution < -0.4 is 10.1 Å². The van der Waals surface area contributed by atoms with Gasteiger partial charge < -0.3 is 10.1 Å². The summed E-state index contributed by atoms with van der Waals surface area (Å²) in [5, 5.41) is 22.1. The molecule has 0 heterocycles. The number of carbonyl (C=O) groups excluding carboxylic acids is 1. The van der Waals surface area contributed by atoms with E-state index in [0.29, 0.717) is 11.3 Å². The molecule has 116 valence electrons. The molecule has 0 bridgehead atoms. The van der Waals surface area contributed by atoms with Crippen LogP contribution in [0, 0.1) is 21.4 Å². The van der Waals surface area contributed by atoms with E-state index < -0.39 is 16.9 Å². The number of anilines is 1. The molecule has 0 radical (unpaired) electrons. The average Bonchev–Trinajstić information content (AvgIpc) is 2.55. The molecule has 0 unspecified atom stereocenters. The lowest BCUT2D eigenvalue weighted by Crippen LogP contribution is -2.30. The lowest BCUT2D eigenvalue weighted by molar-refractivity contribution is -0.384. The molecule has 0 aliphatic heterocycles. The van der Waals surface area contributed by atoms with Crippen LogP contribution in [-0.2, 0) is 4.79 Å². The predicted octanol–water partition coefficient (Wildman–Crippen LogP) is 2.87. The van der Waals surface area contributed by atoms with E-state index in [0.717, 1.165) is 0 Å². The standard InChI is InChI=1S/C16H13N3O4/c1-11(23-15-4-2-3-14(9-15)19(21)22)16(20)18-13-7-5-12(10-17)6-8-13/h2-9,11H,1H3,(H,18,20)/t11-/m1/s1. The first kappa shape index (κ1) is 16.0. The van der Waals surface area contributed by atoms with Crippen molar-refractivity contribution in [3.05, 3.63) is 64.2 Å². The molecule has 0 spiro atoms. The van der Waals surface area contributed by atoms with Gasteiger partial charge in [0, 0.05) is 11.8 Å². The lowest BCUT2D eigenvalue weighted by atomic mass is 10.2. The van der Waals surface area contributed by atoms with E-state index in [1.165, 1.54) is 25.1 Å². The second kappa shape index (κ2) is 7.04. The van der Waals surface area contributed by atoms with Crippen molar-refractivity contribution in [3.8, 4) is 11.8 Å². The largest absolute Gasteiger partial charge is 0.481 e. The molecule has 7 heteroatoms. The van der Waals surface area contributed by atoms with Gasteiger partial charge in [0.2, 0.25) is 0 Å². The Morgan fingerprint density at radius 1 is 1.30 bits per heavy atom. The van der Waals surface area contributed by atoms with E-state index in [4.69, 9.17) is 10.00 Å². The zero-order chi connectivity index (χ0) is 16.8. The van der Waals surface area contributed by atoms with E-state index in [-0.39, 0.29) is 11.4 Å². The van der Waals surface area contributed by atoms with Crippen LogP contribution in [0.15, 0.2) is 48.5 Å². The summed E-state index contributed by atoms with van der Waals surface area (Å²) in [4.78, 5) is 22.2. The van der Waals surface area contributed by atoms with E-state index >= 15 is 0 Å². The van der Waals surface area contributed by atoms with Crippen molar-refractivity contribution in [3.63, 3.8) is 0 Å². The van der Waals surface area contributed by atoms with Crippen LogP contribution >= 0.6 is 0 Å². The summed E-state index contributed by atoms with van der Waals surface area (Å²) in [7, 11) is 0. The number of rotatable bonds is 5. The highest BCUT2D eigenvalue weighted by Gasteiger charge is 2.16. The van der Waals surface area contributed by atoms with Crippen molar-refractivity contribution < 1.29 is 14.5 Å². The zero-order valence-electron chi connectivity index (χ0n) is 12.2. The minimum absolute atomic E-state index is 0.109. The summed E-state index contributed by atoms with van der Waals surface area (Å²) in [6.45, 7) is 1.54. The van der Waals surface area contributed by atoms with Gasteiger partial charge in [-0.3, -0.25) is 14.9 Å². The van der Waals surface area contributed by atoms with E-state index in [1.54, 1.807) is 30.3 Å². The monoisotopic (exact) mass is 311 g/mol. The number of nitro benzene ring substituents is 1. The third-order valence-electron chi connectivity index (χ3n) is 2.99. The highest BCUT2D eigenvalue weighted by Crippen LogP contribution is 2.20. The predicted molar refractivity (Wildman–Crippen MR) is 83.0 cm³/mol. The van der Waals surface area contributed by atoms with Gasteiger partial charge in [0.05, 0.1) is 22.6 Å². The highest BCUT2D eigenvalue weighted by atomic mass is 16.6. The first-order valence-electron chi connectivity index (χ1n) is 6.72. The molecular formula is C16H13N3O4. The van der Waals surface area contributed by atoms with Crippen molar-refractivity contribution in [2.45, 2.75) is 13.0 Å². The number of non-ortho nitro benzene ring substituents is 1. The summed E-state index contributed by atoms with van der Waals surface area (Å²) in [6, 6.07) is 14.0. The molecule has 0 saturated heterocycles. The molecule has 0 aromatic heterocycles. The van der Waals surface area contributed by atoms with Crippen LogP contribution in [0.5, 0.6) is 5.75 Å². The van der Waals surface area contributed by atoms with Crippen molar-refractivity contribution in [2.24, 2.45) is 0 Å². The molecule has 2 aromatic rings. The Labute approximate surface area is 132 Å². The normalized spacial score (nSPS) is 11.1. The van der Waals surface area contributed by atoms with Crippen molar-refractivity contribution >= 4 is 17.3 Å². The average molecular weight is 311 g/mol. The van der Waals surface area contributed by atoms with Crippen LogP contribution in [0.3, 0.4) is 0 Å². The van der Waals surface area contributed by atoms with Gasteiger partial charge in [-0.05, 0) is 37.3 Å². The summed E-state index contributed by atoms with van der Waals surface area (Å²) >= 11 is 0. The number of nitriles is 1. The first-order chi connectivity index (χ1) is 11.0. The Morgan fingerprint density at radius 3 is 2.61 bits per heavy atom. The molecule has 0 aliphatic rings. The van der Waals surface area contributed by atoms with E-state index in [2.05, 4.69) is 5.32 Å². The Kier molecular flexibility index (Phi) is 4.89. The first-order valence-corrected chi connectivity index (χ1v) is 6.72. The van der Waals surface area contributed by atoms with Gasteiger partial charge in [0.25, 0.3) is 11.6 Å². The Hall–Kier alpha value is -3.40. The number of nitrogens with zero attached hydrogens (tertiary/aromatic N) is 2. The molecular weight excluding hydrogens is 298 g/mol. The van der Waals surface area contributed by atoms with Gasteiger partial charge in [-0.1, -0.05) is 6.07 Å². The third-order valence-corrected chi connectivity index (χ3v) is 2.99. The molecule has 7 nitrogen and oxygen atoms in total. The van der Waals surface area contributed by atoms with Crippen LogP contribution in [0.25, 0.3) is 0 Å². The SMILES string of the molecule is C[C@@H](Oc1cccc([N+](=O)[O-])c1)C(=O)Nc1ccc(C#N)cc1. The fraction of sp³-hybridized carbons (Fsp3) is 0.125. The minimum atomic E-state index is -0.840. The fourth-order valence-electron chi connectivity index (χ4n) is 1.80. The quantitative estimate of drug-likeness (QED) is 0.675. The molecule has 0 aliphatic carbocycles. The Bertz CT molecular complexity index is 766. The van der Waals surface area contributed by atoms with Crippen molar-refractivity contribution in [1.82, 2.24) is 0 Å². The van der Waals surface area contributed by atoms with Gasteiger partial charge in [-0.2, -0.15) is 5.26 Å². The number of nitro groups is 1.